The Kier molecular flexibility index (Phi) is 1.86. The number of fused-ring (bicyclic) bond motifs is 1. The second-order valence-corrected chi connectivity index (χ2v) is 4.18. The zero-order chi connectivity index (χ0) is 10.3. The minimum Gasteiger partial charge on any atom is -0.365 e. The van der Waals surface area contributed by atoms with E-state index in [1.165, 1.54) is 0 Å². The fourth-order valence-corrected chi connectivity index (χ4v) is 2.46. The Morgan fingerprint density at radius 2 is 2.40 bits per heavy atom. The molecule has 2 saturated heterocycles. The molecule has 2 atom stereocenters. The van der Waals surface area contributed by atoms with Crippen LogP contribution in [-0.4, -0.2) is 30.7 Å². The molecule has 1 aromatic heterocycles. The third-order valence-electron chi connectivity index (χ3n) is 3.32. The van der Waals surface area contributed by atoms with E-state index in [9.17, 15) is 0 Å². The fourth-order valence-electron chi connectivity index (χ4n) is 2.46. The third-order valence-corrected chi connectivity index (χ3v) is 3.32. The summed E-state index contributed by atoms with van der Waals surface area (Å²) in [5.74, 6) is 0.788. The molecule has 1 N–H and O–H groups in total. The lowest BCUT2D eigenvalue weighted by atomic mass is 9.91. The maximum Gasteiger partial charge on any atom is 0.101 e. The summed E-state index contributed by atoms with van der Waals surface area (Å²) >= 11 is 0. The molecule has 0 radical (unpaired) electrons. The number of pyridine rings is 1. The molecule has 3 rings (SSSR count). The number of anilines is 1. The van der Waals surface area contributed by atoms with Gasteiger partial charge in [0.1, 0.15) is 6.07 Å². The maximum absolute atomic E-state index is 8.80. The Morgan fingerprint density at radius 1 is 1.47 bits per heavy atom. The second-order valence-electron chi connectivity index (χ2n) is 4.18. The quantitative estimate of drug-likeness (QED) is 0.711. The highest BCUT2D eigenvalue weighted by molar-refractivity contribution is 5.53. The van der Waals surface area contributed by atoms with Gasteiger partial charge in [0.25, 0.3) is 0 Å². The highest BCUT2D eigenvalue weighted by Gasteiger charge is 2.42. The van der Waals surface area contributed by atoms with Crippen molar-refractivity contribution in [1.82, 2.24) is 10.3 Å². The van der Waals surface area contributed by atoms with Crippen LogP contribution in [0.15, 0.2) is 18.5 Å². The van der Waals surface area contributed by atoms with Crippen LogP contribution in [0.4, 0.5) is 5.69 Å². The number of hydrogen-bond acceptors (Lipinski definition) is 4. The smallest absolute Gasteiger partial charge is 0.101 e. The Hall–Kier alpha value is -1.60. The normalized spacial score (nSPS) is 28.1. The van der Waals surface area contributed by atoms with E-state index in [4.69, 9.17) is 5.26 Å². The molecule has 2 aliphatic heterocycles. The lowest BCUT2D eigenvalue weighted by Crippen LogP contribution is -2.55. The van der Waals surface area contributed by atoms with E-state index in [0.29, 0.717) is 11.6 Å². The molecule has 0 aliphatic carbocycles. The molecule has 0 aromatic carbocycles. The first-order valence-corrected chi connectivity index (χ1v) is 5.21. The minimum atomic E-state index is 0.612. The molecule has 0 saturated carbocycles. The van der Waals surface area contributed by atoms with Crippen LogP contribution in [0.2, 0.25) is 0 Å². The van der Waals surface area contributed by atoms with Gasteiger partial charge in [0.05, 0.1) is 17.4 Å². The number of hydrogen-bond donors (Lipinski definition) is 1. The van der Waals surface area contributed by atoms with Crippen molar-refractivity contribution in [2.75, 3.05) is 24.5 Å². The second kappa shape index (κ2) is 3.21. The topological polar surface area (TPSA) is 52.0 Å². The van der Waals surface area contributed by atoms with Crippen LogP contribution in [0.25, 0.3) is 0 Å². The van der Waals surface area contributed by atoms with Gasteiger partial charge in [0.2, 0.25) is 0 Å². The molecule has 4 nitrogen and oxygen atoms in total. The molecule has 76 valence electrons. The van der Waals surface area contributed by atoms with Gasteiger partial charge in [-0.3, -0.25) is 4.98 Å². The summed E-state index contributed by atoms with van der Waals surface area (Å²) in [7, 11) is 0. The molecule has 0 unspecified atom stereocenters. The third kappa shape index (κ3) is 1.28. The standard InChI is InChI=1S/C11H12N4/c12-2-8-1-10(5-13-3-8)15-7-9-4-14-6-11(9)15/h1,3,5,9,11,14H,4,6-7H2/t9-,11-/m0/s1. The van der Waals surface area contributed by atoms with Gasteiger partial charge in [-0.1, -0.05) is 0 Å². The lowest BCUT2D eigenvalue weighted by Gasteiger charge is -2.45. The number of nitrogens with one attached hydrogen (secondary N) is 1. The van der Waals surface area contributed by atoms with Crippen LogP contribution in [0.5, 0.6) is 0 Å². The summed E-state index contributed by atoms with van der Waals surface area (Å²) in [4.78, 5) is 6.42. The zero-order valence-corrected chi connectivity index (χ0v) is 8.35. The van der Waals surface area contributed by atoms with Gasteiger partial charge in [-0.2, -0.15) is 5.26 Å². The van der Waals surface area contributed by atoms with E-state index in [0.717, 1.165) is 31.2 Å². The Balaban J connectivity index is 1.85. The number of nitrogens with zero attached hydrogens (tertiary/aromatic N) is 3. The maximum atomic E-state index is 8.80. The monoisotopic (exact) mass is 200 g/mol. The summed E-state index contributed by atoms with van der Waals surface area (Å²) in [6.45, 7) is 3.28. The van der Waals surface area contributed by atoms with Gasteiger partial charge in [0.15, 0.2) is 0 Å². The predicted octanol–water partition coefficient (Wildman–Crippen LogP) is 0.361. The molecular formula is C11H12N4. The predicted molar refractivity (Wildman–Crippen MR) is 56.4 cm³/mol. The number of nitriles is 1. The number of aromatic nitrogens is 1. The van der Waals surface area contributed by atoms with Gasteiger partial charge < -0.3 is 10.2 Å². The average Bonchev–Trinajstić information content (AvgIpc) is 2.61. The molecular weight excluding hydrogens is 188 g/mol. The largest absolute Gasteiger partial charge is 0.365 e. The highest BCUT2D eigenvalue weighted by Crippen LogP contribution is 2.32. The van der Waals surface area contributed by atoms with Crippen LogP contribution in [0.1, 0.15) is 5.56 Å². The van der Waals surface area contributed by atoms with Gasteiger partial charge in [0, 0.05) is 37.8 Å². The van der Waals surface area contributed by atoms with E-state index in [1.54, 1.807) is 6.20 Å². The molecule has 3 heterocycles. The van der Waals surface area contributed by atoms with Crippen molar-refractivity contribution in [1.29, 1.82) is 5.26 Å². The van der Waals surface area contributed by atoms with Crippen molar-refractivity contribution in [3.05, 3.63) is 24.0 Å². The van der Waals surface area contributed by atoms with Crippen molar-refractivity contribution < 1.29 is 0 Å². The summed E-state index contributed by atoms with van der Waals surface area (Å²) in [5.41, 5.74) is 1.72. The van der Waals surface area contributed by atoms with Crippen LogP contribution >= 0.6 is 0 Å². The van der Waals surface area contributed by atoms with Gasteiger partial charge in [-0.05, 0) is 6.07 Å². The summed E-state index contributed by atoms with van der Waals surface area (Å²) in [6.07, 6.45) is 3.45. The van der Waals surface area contributed by atoms with Crippen molar-refractivity contribution in [3.63, 3.8) is 0 Å². The SMILES string of the molecule is N#Cc1cncc(N2C[C@@H]3CNC[C@@H]32)c1. The van der Waals surface area contributed by atoms with Crippen LogP contribution in [0, 0.1) is 17.2 Å². The minimum absolute atomic E-state index is 0.612. The van der Waals surface area contributed by atoms with Gasteiger partial charge in [-0.25, -0.2) is 0 Å². The van der Waals surface area contributed by atoms with Gasteiger partial charge >= 0.3 is 0 Å². The van der Waals surface area contributed by atoms with Crippen molar-refractivity contribution in [3.8, 4) is 6.07 Å². The first kappa shape index (κ1) is 8.69. The van der Waals surface area contributed by atoms with E-state index in [-0.39, 0.29) is 0 Å². The molecule has 4 heteroatoms. The first-order valence-electron chi connectivity index (χ1n) is 5.21. The summed E-state index contributed by atoms with van der Waals surface area (Å²) in [6, 6.07) is 4.66. The van der Waals surface area contributed by atoms with E-state index >= 15 is 0 Å². The van der Waals surface area contributed by atoms with E-state index < -0.39 is 0 Å². The fraction of sp³-hybridized carbons (Fsp3) is 0.455. The summed E-state index contributed by atoms with van der Waals surface area (Å²) < 4.78 is 0. The molecule has 1 aromatic rings. The average molecular weight is 200 g/mol. The van der Waals surface area contributed by atoms with Crippen LogP contribution in [0.3, 0.4) is 0 Å². The Morgan fingerprint density at radius 3 is 3.20 bits per heavy atom. The Labute approximate surface area is 88.5 Å². The van der Waals surface area contributed by atoms with Crippen molar-refractivity contribution in [2.45, 2.75) is 6.04 Å². The van der Waals surface area contributed by atoms with Crippen molar-refractivity contribution in [2.24, 2.45) is 5.92 Å². The van der Waals surface area contributed by atoms with Crippen LogP contribution < -0.4 is 10.2 Å². The summed E-state index contributed by atoms with van der Waals surface area (Å²) in [5, 5.41) is 12.2. The number of rotatable bonds is 1. The zero-order valence-electron chi connectivity index (χ0n) is 8.35. The molecule has 0 amide bonds. The van der Waals surface area contributed by atoms with Crippen LogP contribution in [-0.2, 0) is 0 Å². The highest BCUT2D eigenvalue weighted by atomic mass is 15.3. The van der Waals surface area contributed by atoms with Gasteiger partial charge in [-0.15, -0.1) is 0 Å². The van der Waals surface area contributed by atoms with Crippen molar-refractivity contribution >= 4 is 5.69 Å². The molecule has 0 spiro atoms. The van der Waals surface area contributed by atoms with E-state index in [2.05, 4.69) is 21.3 Å². The molecule has 2 aliphatic rings. The Bertz CT molecular complexity index is 423. The molecule has 0 bridgehead atoms. The molecule has 2 fully saturated rings. The molecule has 15 heavy (non-hydrogen) atoms. The lowest BCUT2D eigenvalue weighted by molar-refractivity contribution is 0.365. The van der Waals surface area contributed by atoms with E-state index in [1.807, 2.05) is 12.3 Å². The first-order chi connectivity index (χ1) is 7.38.